The Hall–Kier alpha value is -2.28. The molecule has 0 saturated carbocycles. The first-order valence-electron chi connectivity index (χ1n) is 12.1. The summed E-state index contributed by atoms with van der Waals surface area (Å²) in [7, 11) is 0. The van der Waals surface area contributed by atoms with E-state index in [9.17, 15) is 19.2 Å². The van der Waals surface area contributed by atoms with Crippen LogP contribution in [0.4, 0.5) is 0 Å². The molecule has 0 aliphatic carbocycles. The number of hydrogen-bond donors (Lipinski definition) is 8. The van der Waals surface area contributed by atoms with Crippen LogP contribution in [0, 0.1) is 23.7 Å². The van der Waals surface area contributed by atoms with Gasteiger partial charge >= 0.3 is 23.9 Å². The van der Waals surface area contributed by atoms with Gasteiger partial charge in [-0.1, -0.05) is 55.4 Å². The second kappa shape index (κ2) is 23.1. The van der Waals surface area contributed by atoms with Crippen molar-refractivity contribution < 1.29 is 39.6 Å². The Kier molecular flexibility index (Phi) is 26.3. The number of carboxylic acid groups (broad SMARTS) is 4. The monoisotopic (exact) mass is 524 g/mol. The zero-order valence-corrected chi connectivity index (χ0v) is 23.2. The molecule has 0 radical (unpaired) electrons. The third-order valence-electron chi connectivity index (χ3n) is 4.17. The second-order valence-electron chi connectivity index (χ2n) is 10.3. The van der Waals surface area contributed by atoms with E-state index in [1.807, 2.05) is 55.4 Å². The highest BCUT2D eigenvalue weighted by Gasteiger charge is 2.14. The van der Waals surface area contributed by atoms with Crippen molar-refractivity contribution in [2.45, 2.75) is 105 Å². The number of nitrogens with two attached hydrogens (primary N) is 4. The molecule has 0 aromatic heterocycles. The van der Waals surface area contributed by atoms with Crippen LogP contribution in [0.15, 0.2) is 0 Å². The van der Waals surface area contributed by atoms with Crippen LogP contribution >= 0.6 is 0 Å². The van der Waals surface area contributed by atoms with Gasteiger partial charge in [-0.05, 0) is 49.4 Å². The molecule has 0 unspecified atom stereocenters. The summed E-state index contributed by atoms with van der Waals surface area (Å²) in [5, 5.41) is 33.2. The quantitative estimate of drug-likeness (QED) is 0.182. The first kappa shape index (κ1) is 40.9. The lowest BCUT2D eigenvalue weighted by molar-refractivity contribution is -0.139. The van der Waals surface area contributed by atoms with E-state index in [1.54, 1.807) is 0 Å². The fourth-order valence-electron chi connectivity index (χ4n) is 2.43. The Balaban J connectivity index is -0.000000190. The topological polar surface area (TPSA) is 253 Å². The molecule has 0 saturated heterocycles. The van der Waals surface area contributed by atoms with Gasteiger partial charge in [0.1, 0.15) is 24.2 Å². The summed E-state index contributed by atoms with van der Waals surface area (Å²) in [5.41, 5.74) is 20.9. The molecular formula is C24H52N4O8. The van der Waals surface area contributed by atoms with Crippen molar-refractivity contribution >= 4 is 23.9 Å². The fourth-order valence-corrected chi connectivity index (χ4v) is 2.43. The molecule has 0 bridgehead atoms. The Morgan fingerprint density at radius 1 is 0.417 bits per heavy atom. The van der Waals surface area contributed by atoms with Crippen LogP contribution in [0.2, 0.25) is 0 Å². The lowest BCUT2D eigenvalue weighted by Crippen LogP contribution is -2.31. The van der Waals surface area contributed by atoms with Gasteiger partial charge < -0.3 is 43.4 Å². The van der Waals surface area contributed by atoms with Crippen molar-refractivity contribution in [3.63, 3.8) is 0 Å². The normalized spacial score (nSPS) is 13.8. The largest absolute Gasteiger partial charge is 0.480 e. The number of rotatable bonds is 12. The van der Waals surface area contributed by atoms with E-state index in [-0.39, 0.29) is 0 Å². The first-order valence-corrected chi connectivity index (χ1v) is 12.1. The zero-order chi connectivity index (χ0) is 29.8. The molecule has 0 aliphatic rings. The number of carbonyl (C=O) groups is 4. The van der Waals surface area contributed by atoms with Crippen molar-refractivity contribution in [2.24, 2.45) is 46.6 Å². The minimum atomic E-state index is -0.913. The van der Waals surface area contributed by atoms with Gasteiger partial charge in [-0.25, -0.2) is 0 Å². The molecule has 12 heteroatoms. The molecule has 0 amide bonds. The smallest absolute Gasteiger partial charge is 0.320 e. The summed E-state index contributed by atoms with van der Waals surface area (Å²) in [6.07, 6.45) is 2.20. The van der Waals surface area contributed by atoms with E-state index >= 15 is 0 Å². The van der Waals surface area contributed by atoms with Crippen molar-refractivity contribution in [3.05, 3.63) is 0 Å². The summed E-state index contributed by atoms with van der Waals surface area (Å²) in [5.74, 6) is -2.22. The maximum absolute atomic E-state index is 10.1. The van der Waals surface area contributed by atoms with Gasteiger partial charge in [0.25, 0.3) is 0 Å². The van der Waals surface area contributed by atoms with Gasteiger partial charge in [-0.2, -0.15) is 0 Å². The van der Waals surface area contributed by atoms with Crippen molar-refractivity contribution in [1.29, 1.82) is 0 Å². The molecular weight excluding hydrogens is 472 g/mol. The van der Waals surface area contributed by atoms with Gasteiger partial charge in [0.15, 0.2) is 0 Å². The van der Waals surface area contributed by atoms with Crippen molar-refractivity contribution in [2.75, 3.05) is 0 Å². The molecule has 12 nitrogen and oxygen atoms in total. The Labute approximate surface area is 215 Å². The van der Waals surface area contributed by atoms with Crippen LogP contribution in [-0.4, -0.2) is 68.5 Å². The summed E-state index contributed by atoms with van der Waals surface area (Å²) in [4.78, 5) is 40.4. The lowest BCUT2D eigenvalue weighted by Gasteiger charge is -2.07. The highest BCUT2D eigenvalue weighted by molar-refractivity contribution is 5.74. The van der Waals surface area contributed by atoms with Gasteiger partial charge in [0.05, 0.1) is 0 Å². The van der Waals surface area contributed by atoms with Crippen molar-refractivity contribution in [1.82, 2.24) is 0 Å². The predicted molar refractivity (Wildman–Crippen MR) is 140 cm³/mol. The maximum atomic E-state index is 10.1. The Morgan fingerprint density at radius 2 is 0.528 bits per heavy atom. The third-order valence-corrected chi connectivity index (χ3v) is 4.17. The van der Waals surface area contributed by atoms with E-state index in [0.29, 0.717) is 49.4 Å². The molecule has 36 heavy (non-hydrogen) atoms. The van der Waals surface area contributed by atoms with Gasteiger partial charge in [0.2, 0.25) is 0 Å². The summed E-state index contributed by atoms with van der Waals surface area (Å²) in [6, 6.07) is -2.76. The fraction of sp³-hybridized carbons (Fsp3) is 0.833. The highest BCUT2D eigenvalue weighted by Crippen LogP contribution is 2.03. The molecule has 0 rings (SSSR count). The molecule has 0 fully saturated rings. The lowest BCUT2D eigenvalue weighted by atomic mass is 10.1. The van der Waals surface area contributed by atoms with Crippen LogP contribution in [0.3, 0.4) is 0 Å². The van der Waals surface area contributed by atoms with Gasteiger partial charge in [0, 0.05) is 0 Å². The predicted octanol–water partition coefficient (Wildman–Crippen LogP) is 1.78. The van der Waals surface area contributed by atoms with E-state index in [0.717, 1.165) is 0 Å². The molecule has 0 aromatic carbocycles. The van der Waals surface area contributed by atoms with E-state index in [4.69, 9.17) is 43.4 Å². The minimum Gasteiger partial charge on any atom is -0.480 e. The molecule has 216 valence electrons. The standard InChI is InChI=1S/4C6H13NO2/c4*1-4(2)3-5(7)6(8)9/h4*4-5H,3,7H2,1-2H3,(H,8,9)/t4*5-/m0000/s1. The van der Waals surface area contributed by atoms with Crippen LogP contribution in [0.25, 0.3) is 0 Å². The average molecular weight is 525 g/mol. The molecule has 12 N–H and O–H groups in total. The first-order chi connectivity index (χ1) is 16.1. The Bertz CT molecular complexity index is 509. The molecule has 0 aliphatic heterocycles. The van der Waals surface area contributed by atoms with Crippen molar-refractivity contribution in [3.8, 4) is 0 Å². The van der Waals surface area contributed by atoms with E-state index in [1.165, 1.54) is 0 Å². The summed E-state index contributed by atoms with van der Waals surface area (Å²) >= 11 is 0. The molecule has 4 atom stereocenters. The third kappa shape index (κ3) is 33.9. The highest BCUT2D eigenvalue weighted by atomic mass is 16.4. The van der Waals surface area contributed by atoms with E-state index in [2.05, 4.69) is 0 Å². The zero-order valence-electron chi connectivity index (χ0n) is 23.2. The van der Waals surface area contributed by atoms with E-state index < -0.39 is 48.0 Å². The average Bonchev–Trinajstić information content (AvgIpc) is 2.67. The number of carboxylic acids is 4. The van der Waals surface area contributed by atoms with Gasteiger partial charge in [-0.3, -0.25) is 19.2 Å². The number of aliphatic carboxylic acids is 4. The summed E-state index contributed by atoms with van der Waals surface area (Å²) < 4.78 is 0. The summed E-state index contributed by atoms with van der Waals surface area (Å²) in [6.45, 7) is 15.6. The van der Waals surface area contributed by atoms with Crippen LogP contribution in [0.5, 0.6) is 0 Å². The molecule has 0 spiro atoms. The molecule has 0 heterocycles. The van der Waals surface area contributed by atoms with Gasteiger partial charge in [-0.15, -0.1) is 0 Å². The van der Waals surface area contributed by atoms with Crippen LogP contribution in [0.1, 0.15) is 81.1 Å². The number of hydrogen-bond acceptors (Lipinski definition) is 8. The maximum Gasteiger partial charge on any atom is 0.320 e. The molecule has 0 aromatic rings. The second-order valence-corrected chi connectivity index (χ2v) is 10.3. The SMILES string of the molecule is CC(C)C[C@H](N)C(=O)O.CC(C)C[C@H](N)C(=O)O.CC(C)C[C@H](N)C(=O)O.CC(C)C[C@H](N)C(=O)O. The Morgan fingerprint density at radius 3 is 0.556 bits per heavy atom. The van der Waals surface area contributed by atoms with Crippen LogP contribution in [-0.2, 0) is 19.2 Å². The minimum absolute atomic E-state index is 0.357. The van der Waals surface area contributed by atoms with Crippen LogP contribution < -0.4 is 22.9 Å².